The second-order valence-corrected chi connectivity index (χ2v) is 10.7. The molecule has 2 bridgehead atoms. The first-order valence-corrected chi connectivity index (χ1v) is 13.4. The summed E-state index contributed by atoms with van der Waals surface area (Å²) in [5.74, 6) is -1.79. The van der Waals surface area contributed by atoms with Crippen molar-refractivity contribution in [3.8, 4) is 0 Å². The number of carbonyl (C=O) groups excluding carboxylic acids is 3. The third kappa shape index (κ3) is 9.10. The van der Waals surface area contributed by atoms with Gasteiger partial charge in [-0.05, 0) is 46.0 Å². The Morgan fingerprint density at radius 2 is 1.82 bits per heavy atom. The Bertz CT molecular complexity index is 1070. The minimum absolute atomic E-state index is 0.101. The summed E-state index contributed by atoms with van der Waals surface area (Å²) in [6, 6.07) is -0.460. The fourth-order valence-electron chi connectivity index (χ4n) is 4.76. The summed E-state index contributed by atoms with van der Waals surface area (Å²) >= 11 is 0. The van der Waals surface area contributed by atoms with Gasteiger partial charge in [-0.3, -0.25) is 14.4 Å². The molecule has 9 heteroatoms. The highest BCUT2D eigenvalue weighted by Crippen LogP contribution is 2.28. The molecule has 216 valence electrons. The van der Waals surface area contributed by atoms with Gasteiger partial charge in [0.25, 0.3) is 5.91 Å². The smallest absolute Gasteiger partial charge is 0.251 e. The van der Waals surface area contributed by atoms with E-state index >= 15 is 0 Å². The lowest BCUT2D eigenvalue weighted by molar-refractivity contribution is -0.120. The largest absolute Gasteiger partial charge is 0.394 e. The van der Waals surface area contributed by atoms with Crippen molar-refractivity contribution in [2.45, 2.75) is 78.2 Å². The molecule has 6 atom stereocenters. The van der Waals surface area contributed by atoms with E-state index in [4.69, 9.17) is 9.47 Å². The lowest BCUT2D eigenvalue weighted by atomic mass is 9.85. The number of nitrogens with one attached hydrogen (secondary N) is 2. The fraction of sp³-hybridized carbons (Fsp3) is 0.567. The Balaban J connectivity index is 2.54. The molecule has 0 saturated heterocycles. The summed E-state index contributed by atoms with van der Waals surface area (Å²) in [4.78, 5) is 39.5. The van der Waals surface area contributed by atoms with Crippen LogP contribution in [-0.2, 0) is 23.9 Å². The molecule has 4 N–H and O–H groups in total. The highest BCUT2D eigenvalue weighted by Gasteiger charge is 2.33. The normalized spacial score (nSPS) is 32.4. The number of fused-ring (bicyclic) bond motifs is 2. The molecule has 2 aliphatic rings. The molecule has 1 aliphatic carbocycles. The third-order valence-corrected chi connectivity index (χ3v) is 7.07. The molecule has 0 spiro atoms. The molecule has 39 heavy (non-hydrogen) atoms. The lowest BCUT2D eigenvalue weighted by Crippen LogP contribution is -2.39. The van der Waals surface area contributed by atoms with Crippen LogP contribution in [0.4, 0.5) is 0 Å². The number of rotatable bonds is 5. The summed E-state index contributed by atoms with van der Waals surface area (Å²) < 4.78 is 11.2. The van der Waals surface area contributed by atoms with Gasteiger partial charge >= 0.3 is 0 Å². The van der Waals surface area contributed by atoms with Crippen LogP contribution >= 0.6 is 0 Å². The van der Waals surface area contributed by atoms with E-state index in [-0.39, 0.29) is 47.9 Å². The average molecular weight is 545 g/mol. The van der Waals surface area contributed by atoms with Gasteiger partial charge in [-0.25, -0.2) is 0 Å². The van der Waals surface area contributed by atoms with Crippen LogP contribution in [-0.4, -0.2) is 72.9 Å². The topological polar surface area (TPSA) is 134 Å². The van der Waals surface area contributed by atoms with Gasteiger partial charge in [-0.1, -0.05) is 43.7 Å². The van der Waals surface area contributed by atoms with Gasteiger partial charge in [0, 0.05) is 43.4 Å². The Kier molecular flexibility index (Phi) is 12.5. The van der Waals surface area contributed by atoms with Crippen LogP contribution in [0.1, 0.15) is 53.9 Å². The molecule has 0 aromatic carbocycles. The summed E-state index contributed by atoms with van der Waals surface area (Å²) in [7, 11) is 3.15. The van der Waals surface area contributed by atoms with E-state index in [1.165, 1.54) is 0 Å². The van der Waals surface area contributed by atoms with Gasteiger partial charge in [0.2, 0.25) is 11.6 Å². The predicted octanol–water partition coefficient (Wildman–Crippen LogP) is 2.66. The average Bonchev–Trinajstić information content (AvgIpc) is 2.89. The maximum absolute atomic E-state index is 13.5. The molecular weight excluding hydrogens is 500 g/mol. The van der Waals surface area contributed by atoms with E-state index in [2.05, 4.69) is 10.6 Å². The number of ketones is 2. The molecule has 2 rings (SSSR count). The number of methoxy groups -OCH3 is 2. The molecule has 0 fully saturated rings. The minimum Gasteiger partial charge on any atom is -0.394 e. The van der Waals surface area contributed by atoms with Gasteiger partial charge < -0.3 is 30.3 Å². The van der Waals surface area contributed by atoms with E-state index in [0.29, 0.717) is 18.4 Å². The van der Waals surface area contributed by atoms with E-state index < -0.39 is 35.7 Å². The Morgan fingerprint density at radius 3 is 2.44 bits per heavy atom. The third-order valence-electron chi connectivity index (χ3n) is 7.07. The monoisotopic (exact) mass is 544 g/mol. The lowest BCUT2D eigenvalue weighted by Gasteiger charge is -2.29. The van der Waals surface area contributed by atoms with Crippen molar-refractivity contribution < 1.29 is 34.1 Å². The molecule has 0 saturated carbocycles. The zero-order chi connectivity index (χ0) is 29.3. The number of carbonyl (C=O) groups is 3. The SMILES string of the molecule is CO[C@@H]1/C=C\C=C(/C)C(=O)NC2=CC(=O)C(N[C@H](C)CO)=C(C[C@@H](C)C[C@H](OC)[C@H](O)[C@@H](C)/C=C(\C)C1)C2=O. The summed E-state index contributed by atoms with van der Waals surface area (Å²) in [6.45, 7) is 8.91. The van der Waals surface area contributed by atoms with Crippen LogP contribution in [0.15, 0.2) is 58.5 Å². The first-order valence-electron chi connectivity index (χ1n) is 13.4. The molecule has 1 aliphatic heterocycles. The molecule has 1 heterocycles. The van der Waals surface area contributed by atoms with Crippen molar-refractivity contribution in [2.75, 3.05) is 20.8 Å². The van der Waals surface area contributed by atoms with Crippen LogP contribution in [0.3, 0.4) is 0 Å². The van der Waals surface area contributed by atoms with Crippen LogP contribution in [0, 0.1) is 11.8 Å². The molecule has 0 unspecified atom stereocenters. The number of amides is 1. The second-order valence-electron chi connectivity index (χ2n) is 10.7. The minimum atomic E-state index is -0.795. The first-order chi connectivity index (χ1) is 18.4. The van der Waals surface area contributed by atoms with Crippen molar-refractivity contribution in [3.63, 3.8) is 0 Å². The number of aliphatic hydroxyl groups is 2. The van der Waals surface area contributed by atoms with Crippen molar-refractivity contribution >= 4 is 17.5 Å². The van der Waals surface area contributed by atoms with E-state index in [1.54, 1.807) is 40.2 Å². The van der Waals surface area contributed by atoms with Crippen molar-refractivity contribution in [2.24, 2.45) is 11.8 Å². The molecule has 0 radical (unpaired) electrons. The van der Waals surface area contributed by atoms with Gasteiger partial charge in [0.1, 0.15) is 0 Å². The maximum atomic E-state index is 13.5. The zero-order valence-corrected chi connectivity index (χ0v) is 24.1. The molecule has 0 aromatic rings. The summed E-state index contributed by atoms with van der Waals surface area (Å²) in [6.07, 6.45) is 8.00. The fourth-order valence-corrected chi connectivity index (χ4v) is 4.76. The van der Waals surface area contributed by atoms with Gasteiger partial charge in [0.15, 0.2) is 0 Å². The van der Waals surface area contributed by atoms with E-state index in [0.717, 1.165) is 11.6 Å². The van der Waals surface area contributed by atoms with Crippen LogP contribution < -0.4 is 10.6 Å². The standard InChI is InChI=1S/C30H44N2O7/c1-17-11-20(4)28(35)26(39-7)14-18(2)13-23-27(31-21(5)16-33)25(34)15-24(29(23)36)32-30(37)19(3)9-8-10-22(12-17)38-6/h8-11,15,18,20-22,26,28,31,33,35H,12-14,16H2,1-7H3,(H,32,37)/b10-8-,17-11+,19-9+/t18-,20+,21-,22-,26+,28-/m1/s1. The van der Waals surface area contributed by atoms with Crippen LogP contribution in [0.25, 0.3) is 0 Å². The number of hydrogen-bond acceptors (Lipinski definition) is 8. The molecule has 9 nitrogen and oxygen atoms in total. The first kappa shape index (κ1) is 32.4. The quantitative estimate of drug-likeness (QED) is 0.307. The molecule has 0 aromatic heterocycles. The van der Waals surface area contributed by atoms with Crippen molar-refractivity contribution in [3.05, 3.63) is 58.5 Å². The van der Waals surface area contributed by atoms with Crippen LogP contribution in [0.5, 0.6) is 0 Å². The number of aliphatic hydroxyl groups excluding tert-OH is 2. The predicted molar refractivity (Wildman–Crippen MR) is 149 cm³/mol. The van der Waals surface area contributed by atoms with Gasteiger partial charge in [-0.2, -0.15) is 0 Å². The summed E-state index contributed by atoms with van der Waals surface area (Å²) in [5, 5.41) is 26.2. The van der Waals surface area contributed by atoms with E-state index in [1.807, 2.05) is 32.9 Å². The number of allylic oxidation sites excluding steroid dienone is 4. The molecular formula is C30H44N2O7. The highest BCUT2D eigenvalue weighted by molar-refractivity contribution is 6.23. The van der Waals surface area contributed by atoms with Crippen molar-refractivity contribution in [1.82, 2.24) is 10.6 Å². The number of hydrogen-bond donors (Lipinski definition) is 4. The Hall–Kier alpha value is -2.85. The van der Waals surface area contributed by atoms with Gasteiger partial charge in [0.05, 0.1) is 36.3 Å². The number of Topliss-reactive ketones (excluding diaryl/α,β-unsaturated/α-hetero) is 1. The second kappa shape index (κ2) is 15.1. The maximum Gasteiger partial charge on any atom is 0.251 e. The Labute approximate surface area is 231 Å². The van der Waals surface area contributed by atoms with E-state index in [9.17, 15) is 24.6 Å². The zero-order valence-electron chi connectivity index (χ0n) is 24.1. The molecule has 1 amide bonds. The number of ether oxygens (including phenoxy) is 2. The van der Waals surface area contributed by atoms with Crippen LogP contribution in [0.2, 0.25) is 0 Å². The van der Waals surface area contributed by atoms with Crippen molar-refractivity contribution in [1.29, 1.82) is 0 Å². The van der Waals surface area contributed by atoms with Gasteiger partial charge in [-0.15, -0.1) is 0 Å². The summed E-state index contributed by atoms with van der Waals surface area (Å²) in [5.41, 5.74) is 1.63. The highest BCUT2D eigenvalue weighted by atomic mass is 16.5. The Morgan fingerprint density at radius 1 is 1.13 bits per heavy atom.